The fourth-order valence-corrected chi connectivity index (χ4v) is 3.28. The molecule has 0 saturated carbocycles. The van der Waals surface area contributed by atoms with Gasteiger partial charge in [-0.05, 0) is 59.0 Å². The average molecular weight is 476 g/mol. The van der Waals surface area contributed by atoms with Gasteiger partial charge in [-0.3, -0.25) is 9.59 Å². The second kappa shape index (κ2) is 9.90. The molecule has 1 amide bonds. The van der Waals surface area contributed by atoms with Crippen LogP contribution < -0.4 is 5.32 Å². The van der Waals surface area contributed by atoms with Gasteiger partial charge in [0.05, 0.1) is 11.4 Å². The van der Waals surface area contributed by atoms with E-state index in [9.17, 15) is 9.59 Å². The van der Waals surface area contributed by atoms with Crippen molar-refractivity contribution in [3.8, 4) is 0 Å². The maximum atomic E-state index is 11.7. The third kappa shape index (κ3) is 6.70. The molecule has 0 aliphatic rings. The summed E-state index contributed by atoms with van der Waals surface area (Å²) in [7, 11) is 0. The highest BCUT2D eigenvalue weighted by Crippen LogP contribution is 2.26. The number of amides is 1. The molecule has 0 aliphatic heterocycles. The van der Waals surface area contributed by atoms with Crippen LogP contribution in [0.3, 0.4) is 0 Å². The van der Waals surface area contributed by atoms with Crippen LogP contribution in [0.25, 0.3) is 0 Å². The molecule has 1 N–H and O–H groups in total. The van der Waals surface area contributed by atoms with Crippen LogP contribution in [-0.2, 0) is 14.3 Å². The summed E-state index contributed by atoms with van der Waals surface area (Å²) in [5.74, 6) is -0.225. The summed E-state index contributed by atoms with van der Waals surface area (Å²) >= 11 is 9.70. The molecule has 24 heavy (non-hydrogen) atoms. The Morgan fingerprint density at radius 1 is 1.12 bits per heavy atom. The number of benzene rings is 2. The first-order chi connectivity index (χ1) is 11.5. The normalized spacial score (nSPS) is 10.2. The lowest BCUT2D eigenvalue weighted by Crippen LogP contribution is -2.21. The molecule has 0 aromatic heterocycles. The smallest absolute Gasteiger partial charge is 0.307 e. The van der Waals surface area contributed by atoms with E-state index in [4.69, 9.17) is 16.3 Å². The van der Waals surface area contributed by atoms with Gasteiger partial charge in [0.25, 0.3) is 5.91 Å². The maximum absolute atomic E-state index is 11.7. The Kier molecular flexibility index (Phi) is 7.87. The third-order valence-corrected chi connectivity index (χ3v) is 5.13. The van der Waals surface area contributed by atoms with Crippen LogP contribution in [0.2, 0.25) is 5.02 Å². The van der Waals surface area contributed by atoms with Gasteiger partial charge in [0.15, 0.2) is 6.61 Å². The molecule has 2 aromatic rings. The van der Waals surface area contributed by atoms with Crippen LogP contribution in [0.1, 0.15) is 6.42 Å². The van der Waals surface area contributed by atoms with Crippen molar-refractivity contribution in [1.29, 1.82) is 0 Å². The summed E-state index contributed by atoms with van der Waals surface area (Å²) in [6.07, 6.45) is 0.215. The molecule has 0 atom stereocenters. The van der Waals surface area contributed by atoms with E-state index >= 15 is 0 Å². The quantitative estimate of drug-likeness (QED) is 0.361. The number of nitrogens with one attached hydrogen (secondary N) is 1. The fraction of sp³-hybridized carbons (Fsp3) is 0.176. The Labute approximate surface area is 163 Å². The van der Waals surface area contributed by atoms with Crippen molar-refractivity contribution < 1.29 is 14.3 Å². The highest BCUT2D eigenvalue weighted by atomic mass is 127. The summed E-state index contributed by atoms with van der Waals surface area (Å²) in [5, 5.41) is 3.33. The van der Waals surface area contributed by atoms with Crippen LogP contribution in [0, 0.1) is 3.57 Å². The Balaban J connectivity index is 1.66. The van der Waals surface area contributed by atoms with Gasteiger partial charge in [-0.25, -0.2) is 0 Å². The summed E-state index contributed by atoms with van der Waals surface area (Å²) in [6.45, 7) is -0.290. The van der Waals surface area contributed by atoms with Gasteiger partial charge in [-0.2, -0.15) is 0 Å². The van der Waals surface area contributed by atoms with Crippen LogP contribution in [0.4, 0.5) is 5.69 Å². The number of halogens is 2. The van der Waals surface area contributed by atoms with E-state index in [-0.39, 0.29) is 18.9 Å². The van der Waals surface area contributed by atoms with E-state index in [1.54, 1.807) is 18.2 Å². The standard InChI is InChI=1S/C17H15ClINO3S/c18-14-3-1-2-4-15(14)24-10-9-17(22)23-11-16(21)20-13-7-5-12(19)6-8-13/h1-8H,9-11H2,(H,20,21). The van der Waals surface area contributed by atoms with Crippen LogP contribution in [-0.4, -0.2) is 24.2 Å². The first kappa shape index (κ1) is 19.1. The predicted molar refractivity (Wildman–Crippen MR) is 106 cm³/mol. The van der Waals surface area contributed by atoms with Crippen molar-refractivity contribution >= 4 is 63.5 Å². The lowest BCUT2D eigenvalue weighted by Gasteiger charge is -2.07. The highest BCUT2D eigenvalue weighted by molar-refractivity contribution is 14.1. The lowest BCUT2D eigenvalue weighted by molar-refractivity contribution is -0.146. The molecule has 0 spiro atoms. The van der Waals surface area contributed by atoms with Crippen molar-refractivity contribution in [2.24, 2.45) is 0 Å². The fourth-order valence-electron chi connectivity index (χ4n) is 1.75. The number of hydrogen-bond donors (Lipinski definition) is 1. The second-order valence-electron chi connectivity index (χ2n) is 4.74. The largest absolute Gasteiger partial charge is 0.456 e. The molecular formula is C17H15ClINO3S. The van der Waals surface area contributed by atoms with Crippen molar-refractivity contribution in [3.05, 3.63) is 57.1 Å². The maximum Gasteiger partial charge on any atom is 0.307 e. The molecule has 7 heteroatoms. The number of anilines is 1. The van der Waals surface area contributed by atoms with Crippen LogP contribution >= 0.6 is 46.0 Å². The zero-order chi connectivity index (χ0) is 17.4. The first-order valence-electron chi connectivity index (χ1n) is 7.13. The van der Waals surface area contributed by atoms with Crippen molar-refractivity contribution in [2.75, 3.05) is 17.7 Å². The second-order valence-corrected chi connectivity index (χ2v) is 7.53. The van der Waals surface area contributed by atoms with Crippen molar-refractivity contribution in [2.45, 2.75) is 11.3 Å². The Morgan fingerprint density at radius 2 is 1.83 bits per heavy atom. The van der Waals surface area contributed by atoms with Gasteiger partial charge in [0, 0.05) is 19.9 Å². The van der Waals surface area contributed by atoms with Gasteiger partial charge >= 0.3 is 5.97 Å². The highest BCUT2D eigenvalue weighted by Gasteiger charge is 2.09. The topological polar surface area (TPSA) is 55.4 Å². The minimum atomic E-state index is -0.410. The Morgan fingerprint density at radius 3 is 2.54 bits per heavy atom. The molecule has 0 saturated heterocycles. The van der Waals surface area contributed by atoms with E-state index in [1.807, 2.05) is 30.3 Å². The van der Waals surface area contributed by atoms with Gasteiger partial charge < -0.3 is 10.1 Å². The molecule has 0 unspecified atom stereocenters. The first-order valence-corrected chi connectivity index (χ1v) is 9.57. The van der Waals surface area contributed by atoms with Gasteiger partial charge in [0.2, 0.25) is 0 Å². The summed E-state index contributed by atoms with van der Waals surface area (Å²) < 4.78 is 6.05. The number of ether oxygens (including phenoxy) is 1. The molecule has 4 nitrogen and oxygen atoms in total. The lowest BCUT2D eigenvalue weighted by atomic mass is 10.3. The van der Waals surface area contributed by atoms with E-state index in [0.29, 0.717) is 16.5 Å². The minimum Gasteiger partial charge on any atom is -0.456 e. The molecule has 2 rings (SSSR count). The van der Waals surface area contributed by atoms with E-state index in [2.05, 4.69) is 27.9 Å². The van der Waals surface area contributed by atoms with Gasteiger partial charge in [-0.15, -0.1) is 11.8 Å². The zero-order valence-corrected chi connectivity index (χ0v) is 16.4. The number of esters is 1. The number of carbonyl (C=O) groups excluding carboxylic acids is 2. The Hall–Kier alpha value is -1.25. The van der Waals surface area contributed by atoms with Crippen LogP contribution in [0.15, 0.2) is 53.4 Å². The van der Waals surface area contributed by atoms with E-state index in [1.165, 1.54) is 11.8 Å². The molecule has 0 bridgehead atoms. The summed E-state index contributed by atoms with van der Waals surface area (Å²) in [5.41, 5.74) is 0.672. The minimum absolute atomic E-state index is 0.215. The van der Waals surface area contributed by atoms with Crippen molar-refractivity contribution in [3.63, 3.8) is 0 Å². The molecule has 2 aromatic carbocycles. The van der Waals surface area contributed by atoms with E-state index in [0.717, 1.165) is 8.47 Å². The van der Waals surface area contributed by atoms with Gasteiger partial charge in [0.1, 0.15) is 0 Å². The third-order valence-electron chi connectivity index (χ3n) is 2.89. The monoisotopic (exact) mass is 475 g/mol. The summed E-state index contributed by atoms with van der Waals surface area (Å²) in [6, 6.07) is 14.8. The molecule has 0 fully saturated rings. The van der Waals surface area contributed by atoms with E-state index < -0.39 is 5.97 Å². The molecule has 126 valence electrons. The molecule has 0 radical (unpaired) electrons. The van der Waals surface area contributed by atoms with Gasteiger partial charge in [-0.1, -0.05) is 23.7 Å². The predicted octanol–water partition coefficient (Wildman–Crippen LogP) is 4.61. The summed E-state index contributed by atoms with van der Waals surface area (Å²) in [4.78, 5) is 24.3. The SMILES string of the molecule is O=C(COC(=O)CCSc1ccccc1Cl)Nc1ccc(I)cc1. The number of thioether (sulfide) groups is 1. The number of rotatable bonds is 7. The molecule has 0 aliphatic carbocycles. The van der Waals surface area contributed by atoms with Crippen molar-refractivity contribution in [1.82, 2.24) is 0 Å². The average Bonchev–Trinajstić information content (AvgIpc) is 2.57. The molecular weight excluding hydrogens is 461 g/mol. The zero-order valence-electron chi connectivity index (χ0n) is 12.6. The number of carbonyl (C=O) groups is 2. The number of hydrogen-bond acceptors (Lipinski definition) is 4. The van der Waals surface area contributed by atoms with Crippen LogP contribution in [0.5, 0.6) is 0 Å². The molecule has 0 heterocycles. The Bertz CT molecular complexity index is 709.